The van der Waals surface area contributed by atoms with Crippen molar-refractivity contribution in [3.63, 3.8) is 0 Å². The summed E-state index contributed by atoms with van der Waals surface area (Å²) in [5, 5.41) is 3.09. The summed E-state index contributed by atoms with van der Waals surface area (Å²) in [6, 6.07) is 24.5. The fourth-order valence-corrected chi connectivity index (χ4v) is 4.08. The molecule has 1 N–H and O–H groups in total. The summed E-state index contributed by atoms with van der Waals surface area (Å²) in [4.78, 5) is 29.0. The van der Waals surface area contributed by atoms with Gasteiger partial charge in [-0.05, 0) is 61.7 Å². The maximum atomic E-state index is 13.7. The lowest BCUT2D eigenvalue weighted by molar-refractivity contribution is -0.141. The summed E-state index contributed by atoms with van der Waals surface area (Å²) < 4.78 is 6.20. The van der Waals surface area contributed by atoms with Gasteiger partial charge in [-0.15, -0.1) is 0 Å². The molecular weight excluding hydrogens is 504 g/mol. The molecule has 0 unspecified atom stereocenters. The van der Waals surface area contributed by atoms with Crippen molar-refractivity contribution < 1.29 is 14.3 Å². The molecule has 0 aromatic heterocycles. The van der Waals surface area contributed by atoms with E-state index in [2.05, 4.69) is 21.2 Å². The Morgan fingerprint density at radius 1 is 0.886 bits per heavy atom. The highest BCUT2D eigenvalue weighted by atomic mass is 79.9. The summed E-state index contributed by atoms with van der Waals surface area (Å²) in [5.41, 5.74) is 2.40. The van der Waals surface area contributed by atoms with Crippen LogP contribution in [0, 0.1) is 0 Å². The molecule has 3 aromatic rings. The molecule has 0 saturated carbocycles. The molecule has 0 aliphatic rings. The van der Waals surface area contributed by atoms with Gasteiger partial charge >= 0.3 is 0 Å². The normalized spacial score (nSPS) is 12.0. The Balaban J connectivity index is 1.96. The lowest BCUT2D eigenvalue weighted by Gasteiger charge is -2.34. The van der Waals surface area contributed by atoms with Gasteiger partial charge in [0.25, 0.3) is 0 Å². The minimum atomic E-state index is -0.661. The SMILES string of the molecule is COc1ccc(CC(=O)N(Cc2ccc(Br)cc2)[C@@H](Cc2ccccc2)C(=O)NC(C)(C)C)cc1. The lowest BCUT2D eigenvalue weighted by Crippen LogP contribution is -2.54. The van der Waals surface area contributed by atoms with Crippen molar-refractivity contribution >= 4 is 27.7 Å². The predicted molar refractivity (Wildman–Crippen MR) is 143 cm³/mol. The van der Waals surface area contributed by atoms with E-state index in [1.807, 2.05) is 99.6 Å². The number of carbonyl (C=O) groups excluding carboxylic acids is 2. The molecule has 6 heteroatoms. The molecule has 0 heterocycles. The minimum Gasteiger partial charge on any atom is -0.497 e. The largest absolute Gasteiger partial charge is 0.497 e. The topological polar surface area (TPSA) is 58.6 Å². The van der Waals surface area contributed by atoms with Crippen LogP contribution in [-0.2, 0) is 29.0 Å². The molecule has 2 amide bonds. The van der Waals surface area contributed by atoms with E-state index in [1.54, 1.807) is 12.0 Å². The molecule has 1 atom stereocenters. The van der Waals surface area contributed by atoms with Gasteiger partial charge in [-0.25, -0.2) is 0 Å². The first kappa shape index (κ1) is 26.5. The molecule has 3 rings (SSSR count). The highest BCUT2D eigenvalue weighted by Crippen LogP contribution is 2.20. The highest BCUT2D eigenvalue weighted by Gasteiger charge is 2.32. The summed E-state index contributed by atoms with van der Waals surface area (Å²) in [7, 11) is 1.61. The average Bonchev–Trinajstić information content (AvgIpc) is 2.82. The van der Waals surface area contributed by atoms with E-state index < -0.39 is 11.6 Å². The Morgan fingerprint density at radius 2 is 1.49 bits per heavy atom. The molecule has 5 nitrogen and oxygen atoms in total. The maximum Gasteiger partial charge on any atom is 0.243 e. The number of carbonyl (C=O) groups is 2. The van der Waals surface area contributed by atoms with Gasteiger partial charge in [-0.1, -0.05) is 70.5 Å². The number of halogens is 1. The molecule has 0 aliphatic carbocycles. The number of amides is 2. The average molecular weight is 537 g/mol. The smallest absolute Gasteiger partial charge is 0.243 e. The number of rotatable bonds is 9. The van der Waals surface area contributed by atoms with Gasteiger partial charge in [-0.2, -0.15) is 0 Å². The zero-order chi connectivity index (χ0) is 25.4. The Bertz CT molecular complexity index is 1110. The first-order chi connectivity index (χ1) is 16.6. The third-order valence-electron chi connectivity index (χ3n) is 5.55. The molecule has 184 valence electrons. The first-order valence-corrected chi connectivity index (χ1v) is 12.5. The van der Waals surface area contributed by atoms with Crippen molar-refractivity contribution in [2.75, 3.05) is 7.11 Å². The van der Waals surface area contributed by atoms with Gasteiger partial charge in [-0.3, -0.25) is 9.59 Å². The van der Waals surface area contributed by atoms with Gasteiger partial charge in [0.15, 0.2) is 0 Å². The van der Waals surface area contributed by atoms with Crippen LogP contribution in [0.25, 0.3) is 0 Å². The molecule has 0 fully saturated rings. The Labute approximate surface area is 216 Å². The van der Waals surface area contributed by atoms with Gasteiger partial charge in [0.2, 0.25) is 11.8 Å². The number of benzene rings is 3. The maximum absolute atomic E-state index is 13.7. The van der Waals surface area contributed by atoms with Crippen molar-refractivity contribution in [3.8, 4) is 5.75 Å². The molecule has 0 aliphatic heterocycles. The van der Waals surface area contributed by atoms with E-state index in [9.17, 15) is 9.59 Å². The second-order valence-corrected chi connectivity index (χ2v) is 10.5. The van der Waals surface area contributed by atoms with E-state index >= 15 is 0 Å². The quantitative estimate of drug-likeness (QED) is 0.389. The van der Waals surface area contributed by atoms with E-state index in [1.165, 1.54) is 0 Å². The van der Waals surface area contributed by atoms with Crippen LogP contribution in [-0.4, -0.2) is 35.4 Å². The third-order valence-corrected chi connectivity index (χ3v) is 6.08. The summed E-state index contributed by atoms with van der Waals surface area (Å²) in [6.07, 6.45) is 0.613. The second-order valence-electron chi connectivity index (χ2n) is 9.62. The van der Waals surface area contributed by atoms with E-state index in [4.69, 9.17) is 4.74 Å². The summed E-state index contributed by atoms with van der Waals surface area (Å²) >= 11 is 3.47. The first-order valence-electron chi connectivity index (χ1n) is 11.7. The van der Waals surface area contributed by atoms with E-state index in [0.29, 0.717) is 13.0 Å². The Kier molecular flexibility index (Phi) is 9.10. The van der Waals surface area contributed by atoms with Crippen LogP contribution in [0.2, 0.25) is 0 Å². The van der Waals surface area contributed by atoms with Crippen LogP contribution < -0.4 is 10.1 Å². The molecule has 0 bridgehead atoms. The van der Waals surface area contributed by atoms with Crippen LogP contribution >= 0.6 is 15.9 Å². The van der Waals surface area contributed by atoms with Crippen molar-refractivity contribution in [2.24, 2.45) is 0 Å². The standard InChI is InChI=1S/C29H33BrN2O3/c1-29(2,3)31-28(34)26(18-21-8-6-5-7-9-21)32(20-23-10-14-24(30)15-11-23)27(33)19-22-12-16-25(35-4)17-13-22/h5-17,26H,18-20H2,1-4H3,(H,31,34)/t26-/m0/s1. The van der Waals surface area contributed by atoms with Crippen LogP contribution in [0.3, 0.4) is 0 Å². The van der Waals surface area contributed by atoms with Gasteiger partial charge < -0.3 is 15.0 Å². The number of hydrogen-bond acceptors (Lipinski definition) is 3. The fourth-order valence-electron chi connectivity index (χ4n) is 3.81. The van der Waals surface area contributed by atoms with Gasteiger partial charge in [0.05, 0.1) is 13.5 Å². The number of nitrogens with one attached hydrogen (secondary N) is 1. The molecule has 3 aromatic carbocycles. The molecular formula is C29H33BrN2O3. The monoisotopic (exact) mass is 536 g/mol. The predicted octanol–water partition coefficient (Wildman–Crippen LogP) is 5.56. The number of ether oxygens (including phenoxy) is 1. The van der Waals surface area contributed by atoms with E-state index in [-0.39, 0.29) is 18.2 Å². The van der Waals surface area contributed by atoms with Crippen molar-refractivity contribution in [1.82, 2.24) is 10.2 Å². The van der Waals surface area contributed by atoms with Crippen molar-refractivity contribution in [2.45, 2.75) is 51.7 Å². The van der Waals surface area contributed by atoms with Crippen molar-refractivity contribution in [3.05, 3.63) is 100 Å². The lowest BCUT2D eigenvalue weighted by atomic mass is 10.00. The Morgan fingerprint density at radius 3 is 2.06 bits per heavy atom. The molecule has 0 radical (unpaired) electrons. The minimum absolute atomic E-state index is 0.108. The third kappa shape index (κ3) is 8.25. The number of hydrogen-bond donors (Lipinski definition) is 1. The molecule has 0 spiro atoms. The van der Waals surface area contributed by atoms with Crippen LogP contribution in [0.1, 0.15) is 37.5 Å². The zero-order valence-electron chi connectivity index (χ0n) is 20.8. The molecule has 35 heavy (non-hydrogen) atoms. The number of methoxy groups -OCH3 is 1. The van der Waals surface area contributed by atoms with Crippen LogP contribution in [0.15, 0.2) is 83.3 Å². The zero-order valence-corrected chi connectivity index (χ0v) is 22.3. The summed E-state index contributed by atoms with van der Waals surface area (Å²) in [5.74, 6) is 0.462. The van der Waals surface area contributed by atoms with Crippen LogP contribution in [0.4, 0.5) is 0 Å². The molecule has 0 saturated heterocycles. The highest BCUT2D eigenvalue weighted by molar-refractivity contribution is 9.10. The van der Waals surface area contributed by atoms with Gasteiger partial charge in [0, 0.05) is 23.0 Å². The van der Waals surface area contributed by atoms with E-state index in [0.717, 1.165) is 26.9 Å². The fraction of sp³-hybridized carbons (Fsp3) is 0.310. The second kappa shape index (κ2) is 12.0. The van der Waals surface area contributed by atoms with Crippen LogP contribution in [0.5, 0.6) is 5.75 Å². The Hall–Kier alpha value is -3.12. The summed E-state index contributed by atoms with van der Waals surface area (Å²) in [6.45, 7) is 6.17. The van der Waals surface area contributed by atoms with Crippen molar-refractivity contribution in [1.29, 1.82) is 0 Å². The number of nitrogens with zero attached hydrogens (tertiary/aromatic N) is 1. The van der Waals surface area contributed by atoms with Gasteiger partial charge in [0.1, 0.15) is 11.8 Å².